The molecule has 0 fully saturated rings. The molecule has 0 spiro atoms. The number of rotatable bonds is 9. The SMILES string of the molecule is COCCOCCS(=O)(=O)Nc1ccc(NC(C)=O)cc1. The summed E-state index contributed by atoms with van der Waals surface area (Å²) in [5.41, 5.74) is 1.04. The molecule has 0 heterocycles. The average Bonchev–Trinajstić information content (AvgIpc) is 2.40. The molecule has 0 saturated carbocycles. The molecule has 0 aliphatic carbocycles. The second-order valence-corrected chi connectivity index (χ2v) is 6.13. The molecule has 1 aromatic rings. The van der Waals surface area contributed by atoms with Crippen LogP contribution in [0.3, 0.4) is 0 Å². The molecular formula is C13H20N2O5S. The molecule has 0 bridgehead atoms. The van der Waals surface area contributed by atoms with E-state index in [2.05, 4.69) is 10.0 Å². The number of hydrogen-bond acceptors (Lipinski definition) is 5. The number of ether oxygens (including phenoxy) is 2. The molecule has 21 heavy (non-hydrogen) atoms. The van der Waals surface area contributed by atoms with Crippen LogP contribution in [0.25, 0.3) is 0 Å². The number of carbonyl (C=O) groups excluding carboxylic acids is 1. The summed E-state index contributed by atoms with van der Waals surface area (Å²) < 4.78 is 36.0. The van der Waals surface area contributed by atoms with E-state index in [9.17, 15) is 13.2 Å². The molecule has 1 rings (SSSR count). The van der Waals surface area contributed by atoms with Gasteiger partial charge >= 0.3 is 0 Å². The van der Waals surface area contributed by atoms with Gasteiger partial charge in [0.15, 0.2) is 0 Å². The lowest BCUT2D eigenvalue weighted by molar-refractivity contribution is -0.114. The molecule has 118 valence electrons. The van der Waals surface area contributed by atoms with E-state index in [4.69, 9.17) is 9.47 Å². The van der Waals surface area contributed by atoms with Gasteiger partial charge < -0.3 is 14.8 Å². The predicted molar refractivity (Wildman–Crippen MR) is 80.9 cm³/mol. The van der Waals surface area contributed by atoms with E-state index in [-0.39, 0.29) is 18.3 Å². The molecule has 2 N–H and O–H groups in total. The topological polar surface area (TPSA) is 93.7 Å². The lowest BCUT2D eigenvalue weighted by atomic mass is 10.3. The highest BCUT2D eigenvalue weighted by Gasteiger charge is 2.10. The third kappa shape index (κ3) is 7.64. The number of nitrogens with one attached hydrogen (secondary N) is 2. The van der Waals surface area contributed by atoms with Crippen LogP contribution in [0.4, 0.5) is 11.4 Å². The highest BCUT2D eigenvalue weighted by atomic mass is 32.2. The van der Waals surface area contributed by atoms with Crippen LogP contribution in [0.5, 0.6) is 0 Å². The third-order valence-electron chi connectivity index (χ3n) is 2.41. The Labute approximate surface area is 124 Å². The Morgan fingerprint density at radius 3 is 2.29 bits per heavy atom. The van der Waals surface area contributed by atoms with Crippen LogP contribution in [-0.2, 0) is 24.3 Å². The zero-order valence-electron chi connectivity index (χ0n) is 12.1. The van der Waals surface area contributed by atoms with Gasteiger partial charge in [0, 0.05) is 25.4 Å². The normalized spacial score (nSPS) is 11.1. The lowest BCUT2D eigenvalue weighted by Gasteiger charge is -2.09. The maximum Gasteiger partial charge on any atom is 0.234 e. The first-order valence-electron chi connectivity index (χ1n) is 6.38. The van der Waals surface area contributed by atoms with Gasteiger partial charge in [-0.05, 0) is 24.3 Å². The molecule has 1 aromatic carbocycles. The first-order valence-corrected chi connectivity index (χ1v) is 8.03. The van der Waals surface area contributed by atoms with Crippen molar-refractivity contribution >= 4 is 27.3 Å². The summed E-state index contributed by atoms with van der Waals surface area (Å²) in [4.78, 5) is 10.9. The molecule has 0 unspecified atom stereocenters. The van der Waals surface area contributed by atoms with Crippen molar-refractivity contribution in [2.24, 2.45) is 0 Å². The van der Waals surface area contributed by atoms with Crippen molar-refractivity contribution in [1.29, 1.82) is 0 Å². The fourth-order valence-corrected chi connectivity index (χ4v) is 2.40. The van der Waals surface area contributed by atoms with Crippen molar-refractivity contribution in [3.05, 3.63) is 24.3 Å². The number of benzene rings is 1. The molecular weight excluding hydrogens is 296 g/mol. The Balaban J connectivity index is 2.45. The predicted octanol–water partition coefficient (Wildman–Crippen LogP) is 1.05. The summed E-state index contributed by atoms with van der Waals surface area (Å²) >= 11 is 0. The van der Waals surface area contributed by atoms with E-state index in [1.54, 1.807) is 31.4 Å². The molecule has 0 radical (unpaired) electrons. The minimum Gasteiger partial charge on any atom is -0.382 e. The van der Waals surface area contributed by atoms with Gasteiger partial charge in [-0.2, -0.15) is 0 Å². The van der Waals surface area contributed by atoms with E-state index in [0.29, 0.717) is 24.6 Å². The average molecular weight is 316 g/mol. The van der Waals surface area contributed by atoms with Gasteiger partial charge in [0.1, 0.15) is 0 Å². The summed E-state index contributed by atoms with van der Waals surface area (Å²) in [5, 5.41) is 2.60. The number of amides is 1. The fourth-order valence-electron chi connectivity index (χ4n) is 1.47. The van der Waals surface area contributed by atoms with Crippen molar-refractivity contribution in [1.82, 2.24) is 0 Å². The van der Waals surface area contributed by atoms with Crippen LogP contribution in [0.2, 0.25) is 0 Å². The maximum atomic E-state index is 11.8. The standard InChI is InChI=1S/C13H20N2O5S/c1-11(16)14-12-3-5-13(6-4-12)15-21(17,18)10-9-20-8-7-19-2/h3-6,15H,7-10H2,1-2H3,(H,14,16). The van der Waals surface area contributed by atoms with Crippen LogP contribution < -0.4 is 10.0 Å². The Morgan fingerprint density at radius 1 is 1.10 bits per heavy atom. The summed E-state index contributed by atoms with van der Waals surface area (Å²) in [6.45, 7) is 2.29. The molecule has 1 amide bonds. The van der Waals surface area contributed by atoms with Gasteiger partial charge in [0.2, 0.25) is 15.9 Å². The monoisotopic (exact) mass is 316 g/mol. The second kappa shape index (κ2) is 8.60. The van der Waals surface area contributed by atoms with Gasteiger partial charge in [-0.15, -0.1) is 0 Å². The first kappa shape index (κ1) is 17.4. The van der Waals surface area contributed by atoms with Crippen LogP contribution in [0, 0.1) is 0 Å². The highest BCUT2D eigenvalue weighted by Crippen LogP contribution is 2.14. The zero-order chi connectivity index (χ0) is 15.7. The Hall–Kier alpha value is -1.64. The Kier molecular flexibility index (Phi) is 7.13. The highest BCUT2D eigenvalue weighted by molar-refractivity contribution is 7.92. The number of sulfonamides is 1. The molecule has 0 aliphatic rings. The van der Waals surface area contributed by atoms with Crippen molar-refractivity contribution in [2.45, 2.75) is 6.92 Å². The number of carbonyl (C=O) groups is 1. The second-order valence-electron chi connectivity index (χ2n) is 4.28. The molecule has 0 aromatic heterocycles. The lowest BCUT2D eigenvalue weighted by Crippen LogP contribution is -2.21. The molecule has 0 aliphatic heterocycles. The Morgan fingerprint density at radius 2 is 1.71 bits per heavy atom. The van der Waals surface area contributed by atoms with Gasteiger partial charge in [-0.1, -0.05) is 0 Å². The number of methoxy groups -OCH3 is 1. The summed E-state index contributed by atoms with van der Waals surface area (Å²) in [6, 6.07) is 6.39. The van der Waals surface area contributed by atoms with Crippen LogP contribution in [0.15, 0.2) is 24.3 Å². The van der Waals surface area contributed by atoms with Crippen LogP contribution in [0.1, 0.15) is 6.92 Å². The van der Waals surface area contributed by atoms with Gasteiger partial charge in [0.25, 0.3) is 0 Å². The number of anilines is 2. The minimum absolute atomic E-state index is 0.0999. The van der Waals surface area contributed by atoms with E-state index >= 15 is 0 Å². The molecule has 0 atom stereocenters. The number of hydrogen-bond donors (Lipinski definition) is 2. The molecule has 8 heteroatoms. The molecule has 0 saturated heterocycles. The third-order valence-corrected chi connectivity index (χ3v) is 3.66. The van der Waals surface area contributed by atoms with Crippen molar-refractivity contribution < 1.29 is 22.7 Å². The zero-order valence-corrected chi connectivity index (χ0v) is 12.9. The molecule has 7 nitrogen and oxygen atoms in total. The summed E-state index contributed by atoms with van der Waals surface area (Å²) in [5.74, 6) is -0.319. The van der Waals surface area contributed by atoms with E-state index in [1.807, 2.05) is 0 Å². The van der Waals surface area contributed by atoms with Crippen LogP contribution >= 0.6 is 0 Å². The van der Waals surface area contributed by atoms with Gasteiger partial charge in [-0.3, -0.25) is 9.52 Å². The van der Waals surface area contributed by atoms with Crippen molar-refractivity contribution in [3.8, 4) is 0 Å². The quantitative estimate of drug-likeness (QED) is 0.664. The van der Waals surface area contributed by atoms with E-state index in [0.717, 1.165) is 0 Å². The fraction of sp³-hybridized carbons (Fsp3) is 0.462. The van der Waals surface area contributed by atoms with Crippen LogP contribution in [-0.4, -0.2) is 47.0 Å². The minimum atomic E-state index is -3.46. The van der Waals surface area contributed by atoms with Crippen molar-refractivity contribution in [3.63, 3.8) is 0 Å². The largest absolute Gasteiger partial charge is 0.382 e. The summed E-state index contributed by atoms with van der Waals surface area (Å²) in [7, 11) is -1.91. The maximum absolute atomic E-state index is 11.8. The van der Waals surface area contributed by atoms with Gasteiger partial charge in [-0.25, -0.2) is 8.42 Å². The van der Waals surface area contributed by atoms with E-state index < -0.39 is 10.0 Å². The van der Waals surface area contributed by atoms with Gasteiger partial charge in [0.05, 0.1) is 25.6 Å². The first-order chi connectivity index (χ1) is 9.93. The smallest absolute Gasteiger partial charge is 0.234 e. The van der Waals surface area contributed by atoms with Crippen molar-refractivity contribution in [2.75, 3.05) is 42.7 Å². The summed E-state index contributed by atoms with van der Waals surface area (Å²) in [6.07, 6.45) is 0. The Bertz CT molecular complexity index is 542. The van der Waals surface area contributed by atoms with E-state index in [1.165, 1.54) is 6.92 Å².